The van der Waals surface area contributed by atoms with E-state index in [1.54, 1.807) is 34.1 Å². The maximum atomic E-state index is 13.2. The quantitative estimate of drug-likeness (QED) is 0.643. The van der Waals surface area contributed by atoms with Crippen LogP contribution in [0.3, 0.4) is 0 Å². The minimum Gasteiger partial charge on any atom is -0.378 e. The van der Waals surface area contributed by atoms with Crippen LogP contribution in [-0.4, -0.2) is 84.0 Å². The summed E-state index contributed by atoms with van der Waals surface area (Å²) in [7, 11) is 0. The van der Waals surface area contributed by atoms with Gasteiger partial charge >= 0.3 is 6.18 Å². The Morgan fingerprint density at radius 1 is 0.912 bits per heavy atom. The van der Waals surface area contributed by atoms with Gasteiger partial charge in [-0.2, -0.15) is 13.2 Å². The van der Waals surface area contributed by atoms with Crippen LogP contribution in [0.25, 0.3) is 0 Å². The summed E-state index contributed by atoms with van der Waals surface area (Å²) in [6, 6.07) is 11.0. The summed E-state index contributed by atoms with van der Waals surface area (Å²) in [6.07, 6.45) is -4.45. The van der Waals surface area contributed by atoms with Crippen LogP contribution in [-0.2, 0) is 10.9 Å². The highest BCUT2D eigenvalue weighted by atomic mass is 35.5. The van der Waals surface area contributed by atoms with Gasteiger partial charge in [0.1, 0.15) is 0 Å². The predicted octanol–water partition coefficient (Wildman–Crippen LogP) is 3.41. The molecule has 2 aromatic rings. The molecule has 3 fully saturated rings. The predicted molar refractivity (Wildman–Crippen MR) is 119 cm³/mol. The first-order valence-corrected chi connectivity index (χ1v) is 11.4. The lowest BCUT2D eigenvalue weighted by atomic mass is 9.82. The van der Waals surface area contributed by atoms with Crippen molar-refractivity contribution in [1.82, 2.24) is 14.7 Å². The largest absolute Gasteiger partial charge is 0.416 e. The molecule has 5 rings (SSSR count). The summed E-state index contributed by atoms with van der Waals surface area (Å²) in [6.45, 7) is 3.56. The molecule has 34 heavy (non-hydrogen) atoms. The number of rotatable bonds is 2. The Morgan fingerprint density at radius 2 is 1.47 bits per heavy atom. The number of likely N-dealkylation sites (tertiary alicyclic amines) is 1. The number of hydrogen-bond acceptors (Lipinski definition) is 4. The van der Waals surface area contributed by atoms with Crippen molar-refractivity contribution in [3.63, 3.8) is 0 Å². The van der Waals surface area contributed by atoms with Gasteiger partial charge in [-0.1, -0.05) is 11.6 Å². The number of alkyl halides is 3. The molecule has 0 bridgehead atoms. The number of carbonyl (C=O) groups is 2. The Kier molecular flexibility index (Phi) is 5.82. The third-order valence-corrected chi connectivity index (χ3v) is 7.10. The van der Waals surface area contributed by atoms with Crippen LogP contribution in [0.4, 0.5) is 13.2 Å². The molecule has 0 unspecified atom stereocenters. The monoisotopic (exact) mass is 493 g/mol. The van der Waals surface area contributed by atoms with Crippen molar-refractivity contribution in [3.05, 3.63) is 70.2 Å². The van der Waals surface area contributed by atoms with Crippen LogP contribution in [0.15, 0.2) is 48.5 Å². The summed E-state index contributed by atoms with van der Waals surface area (Å²) in [5.74, 6) is -0.418. The van der Waals surface area contributed by atoms with Crippen LogP contribution in [0, 0.1) is 0 Å². The molecular formula is C24H23ClF3N3O3. The molecule has 1 spiro atoms. The molecule has 6 nitrogen and oxygen atoms in total. The standard InChI is InChI=1S/C24H23ClF3N3O3/c25-19-7-3-17(4-8-19)21(32)29-11-20-12-34-10-9-31(20)23(13-29)14-30(15-23)22(33)16-1-5-18(6-2-16)24(26,27)28/h1-8,20H,9-15H2/t20-/m1/s1. The molecular weight excluding hydrogens is 471 g/mol. The number of carbonyl (C=O) groups excluding carboxylic acids is 2. The summed E-state index contributed by atoms with van der Waals surface area (Å²) < 4.78 is 44.2. The van der Waals surface area contributed by atoms with E-state index in [2.05, 4.69) is 4.90 Å². The Labute approximate surface area is 199 Å². The van der Waals surface area contributed by atoms with Gasteiger partial charge < -0.3 is 14.5 Å². The normalized spacial score (nSPS) is 22.3. The van der Waals surface area contributed by atoms with Gasteiger partial charge in [-0.05, 0) is 48.5 Å². The molecule has 10 heteroatoms. The van der Waals surface area contributed by atoms with E-state index in [-0.39, 0.29) is 23.4 Å². The highest BCUT2D eigenvalue weighted by molar-refractivity contribution is 6.30. The molecule has 0 radical (unpaired) electrons. The van der Waals surface area contributed by atoms with Crippen molar-refractivity contribution < 1.29 is 27.5 Å². The molecule has 0 saturated carbocycles. The van der Waals surface area contributed by atoms with Crippen LogP contribution in [0.5, 0.6) is 0 Å². The maximum absolute atomic E-state index is 13.2. The number of morpholine rings is 1. The Balaban J connectivity index is 1.33. The van der Waals surface area contributed by atoms with Crippen molar-refractivity contribution in [2.24, 2.45) is 0 Å². The fourth-order valence-electron chi connectivity index (χ4n) is 5.20. The minimum absolute atomic E-state index is 0.0158. The van der Waals surface area contributed by atoms with Gasteiger partial charge in [0.15, 0.2) is 0 Å². The molecule has 3 aliphatic rings. The first-order chi connectivity index (χ1) is 16.2. The van der Waals surface area contributed by atoms with Crippen molar-refractivity contribution in [3.8, 4) is 0 Å². The summed E-state index contributed by atoms with van der Waals surface area (Å²) in [4.78, 5) is 31.9. The Bertz CT molecular complexity index is 1090. The molecule has 3 aliphatic heterocycles. The smallest absolute Gasteiger partial charge is 0.378 e. The summed E-state index contributed by atoms with van der Waals surface area (Å²) in [5.41, 5.74) is -0.437. The maximum Gasteiger partial charge on any atom is 0.416 e. The lowest BCUT2D eigenvalue weighted by molar-refractivity contribution is -0.148. The van der Waals surface area contributed by atoms with Crippen LogP contribution in [0.2, 0.25) is 5.02 Å². The SMILES string of the molecule is O=C(c1ccc(Cl)cc1)N1C[C@@H]2COCCN2C2(C1)CN(C(=O)c1ccc(C(F)(F)F)cc1)C2. The summed E-state index contributed by atoms with van der Waals surface area (Å²) in [5, 5.41) is 0.551. The fourth-order valence-corrected chi connectivity index (χ4v) is 5.33. The van der Waals surface area contributed by atoms with Crippen LogP contribution >= 0.6 is 11.6 Å². The first-order valence-electron chi connectivity index (χ1n) is 11.0. The number of piperazine rings is 1. The minimum atomic E-state index is -4.45. The average molecular weight is 494 g/mol. The molecule has 0 aliphatic carbocycles. The zero-order valence-electron chi connectivity index (χ0n) is 18.2. The van der Waals surface area contributed by atoms with E-state index in [0.717, 1.165) is 12.1 Å². The number of halogens is 4. The lowest BCUT2D eigenvalue weighted by Crippen LogP contribution is -2.81. The van der Waals surface area contributed by atoms with E-state index in [9.17, 15) is 22.8 Å². The van der Waals surface area contributed by atoms with Crippen LogP contribution < -0.4 is 0 Å². The van der Waals surface area contributed by atoms with E-state index in [4.69, 9.17) is 16.3 Å². The van der Waals surface area contributed by atoms with Crippen LogP contribution in [0.1, 0.15) is 26.3 Å². The number of amides is 2. The molecule has 0 N–H and O–H groups in total. The number of fused-ring (bicyclic) bond motifs is 2. The molecule has 2 amide bonds. The van der Waals surface area contributed by atoms with E-state index in [0.29, 0.717) is 56.5 Å². The topological polar surface area (TPSA) is 53.1 Å². The second-order valence-electron chi connectivity index (χ2n) is 9.08. The summed E-state index contributed by atoms with van der Waals surface area (Å²) >= 11 is 5.96. The number of benzene rings is 2. The van der Waals surface area contributed by atoms with E-state index < -0.39 is 17.3 Å². The number of ether oxygens (including phenoxy) is 1. The molecule has 180 valence electrons. The molecule has 3 heterocycles. The van der Waals surface area contributed by atoms with Crippen molar-refractivity contribution in [2.75, 3.05) is 45.9 Å². The molecule has 3 saturated heterocycles. The Morgan fingerprint density at radius 3 is 2.09 bits per heavy atom. The van der Waals surface area contributed by atoms with Crippen molar-refractivity contribution in [2.45, 2.75) is 17.8 Å². The van der Waals surface area contributed by atoms with E-state index in [1.165, 1.54) is 12.1 Å². The number of nitrogens with zero attached hydrogens (tertiary/aromatic N) is 3. The highest BCUT2D eigenvalue weighted by Gasteiger charge is 2.56. The zero-order chi connectivity index (χ0) is 24.1. The second-order valence-corrected chi connectivity index (χ2v) is 9.51. The van der Waals surface area contributed by atoms with Gasteiger partial charge in [0.2, 0.25) is 0 Å². The van der Waals surface area contributed by atoms with Gasteiger partial charge in [-0.3, -0.25) is 14.5 Å². The van der Waals surface area contributed by atoms with Gasteiger partial charge in [-0.15, -0.1) is 0 Å². The third kappa shape index (κ3) is 4.16. The Hall–Kier alpha value is -2.62. The fraction of sp³-hybridized carbons (Fsp3) is 0.417. The first kappa shape index (κ1) is 23.1. The third-order valence-electron chi connectivity index (χ3n) is 6.85. The van der Waals surface area contributed by atoms with Gasteiger partial charge in [0, 0.05) is 48.9 Å². The molecule has 0 aromatic heterocycles. The second kappa shape index (κ2) is 8.55. The zero-order valence-corrected chi connectivity index (χ0v) is 19.0. The van der Waals surface area contributed by atoms with Crippen molar-refractivity contribution in [1.29, 1.82) is 0 Å². The lowest BCUT2D eigenvalue weighted by Gasteiger charge is -2.63. The van der Waals surface area contributed by atoms with Gasteiger partial charge in [-0.25, -0.2) is 0 Å². The average Bonchev–Trinajstić information content (AvgIpc) is 2.81. The van der Waals surface area contributed by atoms with Gasteiger partial charge in [0.05, 0.1) is 30.4 Å². The molecule has 1 atom stereocenters. The van der Waals surface area contributed by atoms with E-state index >= 15 is 0 Å². The highest BCUT2D eigenvalue weighted by Crippen LogP contribution is 2.37. The number of hydrogen-bond donors (Lipinski definition) is 0. The van der Waals surface area contributed by atoms with Gasteiger partial charge in [0.25, 0.3) is 11.8 Å². The van der Waals surface area contributed by atoms with E-state index in [1.807, 2.05) is 0 Å². The molecule has 2 aromatic carbocycles. The van der Waals surface area contributed by atoms with Crippen molar-refractivity contribution >= 4 is 23.4 Å².